The summed E-state index contributed by atoms with van der Waals surface area (Å²) in [6.07, 6.45) is -0.228. The van der Waals surface area contributed by atoms with Gasteiger partial charge in [-0.15, -0.1) is 0 Å². The SMILES string of the molecule is CC(CC(=O)O)NC(=O)N1CC(=O)NC(=O)C1C. The van der Waals surface area contributed by atoms with Gasteiger partial charge >= 0.3 is 12.0 Å². The maximum atomic E-state index is 11.8. The first kappa shape index (κ1) is 13.9. The number of nitrogens with one attached hydrogen (secondary N) is 2. The Bertz CT molecular complexity index is 395. The van der Waals surface area contributed by atoms with Crippen LogP contribution in [0.4, 0.5) is 4.79 Å². The van der Waals surface area contributed by atoms with Crippen molar-refractivity contribution in [3.8, 4) is 0 Å². The molecule has 0 aromatic heterocycles. The largest absolute Gasteiger partial charge is 0.481 e. The fourth-order valence-corrected chi connectivity index (χ4v) is 1.57. The lowest BCUT2D eigenvalue weighted by molar-refractivity contribution is -0.139. The molecule has 0 aromatic rings. The van der Waals surface area contributed by atoms with E-state index in [1.165, 1.54) is 13.8 Å². The van der Waals surface area contributed by atoms with Crippen molar-refractivity contribution in [2.75, 3.05) is 6.54 Å². The normalized spacial score (nSPS) is 21.2. The molecule has 0 saturated carbocycles. The van der Waals surface area contributed by atoms with Crippen LogP contribution in [-0.2, 0) is 14.4 Å². The molecule has 18 heavy (non-hydrogen) atoms. The highest BCUT2D eigenvalue weighted by Crippen LogP contribution is 2.05. The van der Waals surface area contributed by atoms with Crippen LogP contribution in [0.2, 0.25) is 0 Å². The lowest BCUT2D eigenvalue weighted by Gasteiger charge is -2.32. The molecule has 0 radical (unpaired) electrons. The number of piperazine rings is 1. The van der Waals surface area contributed by atoms with Crippen LogP contribution in [0, 0.1) is 0 Å². The molecular weight excluding hydrogens is 242 g/mol. The van der Waals surface area contributed by atoms with Crippen LogP contribution in [0.5, 0.6) is 0 Å². The summed E-state index contributed by atoms with van der Waals surface area (Å²) in [7, 11) is 0. The second-order valence-electron chi connectivity index (χ2n) is 4.16. The Balaban J connectivity index is 2.62. The van der Waals surface area contributed by atoms with Gasteiger partial charge < -0.3 is 15.3 Å². The minimum atomic E-state index is -1.04. The molecule has 0 spiro atoms. The predicted molar refractivity (Wildman–Crippen MR) is 59.6 cm³/mol. The van der Waals surface area contributed by atoms with Crippen molar-refractivity contribution < 1.29 is 24.3 Å². The van der Waals surface area contributed by atoms with E-state index in [2.05, 4.69) is 10.6 Å². The quantitative estimate of drug-likeness (QED) is 0.555. The summed E-state index contributed by atoms with van der Waals surface area (Å²) in [6, 6.07) is -1.97. The number of urea groups is 1. The molecule has 1 aliphatic rings. The molecule has 1 heterocycles. The first-order chi connectivity index (χ1) is 8.31. The number of hydrogen-bond donors (Lipinski definition) is 3. The fourth-order valence-electron chi connectivity index (χ4n) is 1.57. The number of carbonyl (C=O) groups excluding carboxylic acids is 3. The zero-order chi connectivity index (χ0) is 13.9. The summed E-state index contributed by atoms with van der Waals surface area (Å²) >= 11 is 0. The van der Waals surface area contributed by atoms with Crippen molar-refractivity contribution in [3.63, 3.8) is 0 Å². The zero-order valence-electron chi connectivity index (χ0n) is 10.1. The van der Waals surface area contributed by atoms with E-state index in [0.29, 0.717) is 0 Å². The van der Waals surface area contributed by atoms with Crippen LogP contribution in [0.25, 0.3) is 0 Å². The predicted octanol–water partition coefficient (Wildman–Crippen LogP) is -1.09. The molecule has 4 amide bonds. The van der Waals surface area contributed by atoms with E-state index in [9.17, 15) is 19.2 Å². The number of carbonyl (C=O) groups is 4. The zero-order valence-corrected chi connectivity index (χ0v) is 10.1. The Morgan fingerprint density at radius 1 is 1.56 bits per heavy atom. The van der Waals surface area contributed by atoms with E-state index in [-0.39, 0.29) is 13.0 Å². The number of carboxylic acids is 1. The summed E-state index contributed by atoms with van der Waals surface area (Å²) in [6.45, 7) is 2.80. The van der Waals surface area contributed by atoms with Crippen molar-refractivity contribution in [2.45, 2.75) is 32.4 Å². The topological polar surface area (TPSA) is 116 Å². The van der Waals surface area contributed by atoms with Crippen LogP contribution in [0.3, 0.4) is 0 Å². The van der Waals surface area contributed by atoms with Gasteiger partial charge in [-0.3, -0.25) is 19.7 Å². The molecule has 3 N–H and O–H groups in total. The fraction of sp³-hybridized carbons (Fsp3) is 0.600. The molecule has 0 bridgehead atoms. The van der Waals surface area contributed by atoms with E-state index >= 15 is 0 Å². The second kappa shape index (κ2) is 5.48. The van der Waals surface area contributed by atoms with E-state index in [0.717, 1.165) is 4.90 Å². The Labute approximate surface area is 103 Å². The van der Waals surface area contributed by atoms with E-state index in [1.54, 1.807) is 0 Å². The van der Waals surface area contributed by atoms with Gasteiger partial charge in [-0.25, -0.2) is 4.79 Å². The molecule has 1 fully saturated rings. The summed E-state index contributed by atoms with van der Waals surface area (Å²) < 4.78 is 0. The number of amides is 4. The summed E-state index contributed by atoms with van der Waals surface area (Å²) in [5, 5.41) is 13.1. The van der Waals surface area contributed by atoms with Gasteiger partial charge in [0, 0.05) is 6.04 Å². The van der Waals surface area contributed by atoms with Crippen LogP contribution < -0.4 is 10.6 Å². The Morgan fingerprint density at radius 2 is 2.17 bits per heavy atom. The number of carboxylic acid groups (broad SMARTS) is 1. The van der Waals surface area contributed by atoms with Gasteiger partial charge in [-0.2, -0.15) is 0 Å². The Morgan fingerprint density at radius 3 is 2.72 bits per heavy atom. The van der Waals surface area contributed by atoms with Gasteiger partial charge in [-0.05, 0) is 13.8 Å². The minimum Gasteiger partial charge on any atom is -0.481 e. The third-order valence-electron chi connectivity index (χ3n) is 2.54. The molecule has 1 aliphatic heterocycles. The van der Waals surface area contributed by atoms with Crippen molar-refractivity contribution >= 4 is 23.8 Å². The molecule has 100 valence electrons. The molecular formula is C10H15N3O5. The number of imide groups is 1. The smallest absolute Gasteiger partial charge is 0.318 e. The molecule has 2 unspecified atom stereocenters. The average Bonchev–Trinajstić information content (AvgIpc) is 2.21. The number of nitrogens with zero attached hydrogens (tertiary/aromatic N) is 1. The highest BCUT2D eigenvalue weighted by molar-refractivity contribution is 6.03. The van der Waals surface area contributed by atoms with Crippen molar-refractivity contribution in [3.05, 3.63) is 0 Å². The molecule has 1 rings (SSSR count). The van der Waals surface area contributed by atoms with E-state index < -0.39 is 35.9 Å². The van der Waals surface area contributed by atoms with Crippen molar-refractivity contribution in [1.82, 2.24) is 15.5 Å². The number of aliphatic carboxylic acids is 1. The van der Waals surface area contributed by atoms with Crippen LogP contribution in [-0.4, -0.2) is 52.4 Å². The number of hydrogen-bond acceptors (Lipinski definition) is 4. The van der Waals surface area contributed by atoms with Gasteiger partial charge in [0.2, 0.25) is 11.8 Å². The second-order valence-corrected chi connectivity index (χ2v) is 4.16. The highest BCUT2D eigenvalue weighted by atomic mass is 16.4. The summed E-state index contributed by atoms with van der Waals surface area (Å²) in [5.41, 5.74) is 0. The van der Waals surface area contributed by atoms with E-state index in [1.807, 2.05) is 0 Å². The van der Waals surface area contributed by atoms with Crippen molar-refractivity contribution in [1.29, 1.82) is 0 Å². The highest BCUT2D eigenvalue weighted by Gasteiger charge is 2.33. The summed E-state index contributed by atoms with van der Waals surface area (Å²) in [4.78, 5) is 45.8. The first-order valence-electron chi connectivity index (χ1n) is 5.44. The van der Waals surface area contributed by atoms with Crippen LogP contribution in [0.15, 0.2) is 0 Å². The van der Waals surface area contributed by atoms with Gasteiger partial charge in [0.25, 0.3) is 0 Å². The first-order valence-corrected chi connectivity index (χ1v) is 5.44. The Kier molecular flexibility index (Phi) is 4.24. The molecule has 1 saturated heterocycles. The van der Waals surface area contributed by atoms with Crippen LogP contribution >= 0.6 is 0 Å². The van der Waals surface area contributed by atoms with E-state index in [4.69, 9.17) is 5.11 Å². The van der Waals surface area contributed by atoms with Gasteiger partial charge in [0.1, 0.15) is 12.6 Å². The molecule has 0 aromatic carbocycles. The lowest BCUT2D eigenvalue weighted by Crippen LogP contribution is -2.61. The molecule has 8 nitrogen and oxygen atoms in total. The maximum absolute atomic E-state index is 11.8. The third kappa shape index (κ3) is 3.44. The van der Waals surface area contributed by atoms with Gasteiger partial charge in [0.15, 0.2) is 0 Å². The molecule has 8 heteroatoms. The maximum Gasteiger partial charge on any atom is 0.318 e. The van der Waals surface area contributed by atoms with Gasteiger partial charge in [0.05, 0.1) is 6.42 Å². The lowest BCUT2D eigenvalue weighted by atomic mass is 10.2. The summed E-state index contributed by atoms with van der Waals surface area (Å²) in [5.74, 6) is -2.14. The average molecular weight is 257 g/mol. The molecule has 0 aliphatic carbocycles. The molecule has 2 atom stereocenters. The minimum absolute atomic E-state index is 0.224. The number of rotatable bonds is 3. The van der Waals surface area contributed by atoms with Gasteiger partial charge in [-0.1, -0.05) is 0 Å². The third-order valence-corrected chi connectivity index (χ3v) is 2.54. The monoisotopic (exact) mass is 257 g/mol. The van der Waals surface area contributed by atoms with Crippen molar-refractivity contribution in [2.24, 2.45) is 0 Å². The Hall–Kier alpha value is -2.12. The van der Waals surface area contributed by atoms with Crippen LogP contribution in [0.1, 0.15) is 20.3 Å². The standard InChI is InChI=1S/C10H15N3O5/c1-5(3-8(15)16)11-10(18)13-4-7(14)12-9(17)6(13)2/h5-6H,3-4H2,1-2H3,(H,11,18)(H,15,16)(H,12,14,17).